The predicted molar refractivity (Wildman–Crippen MR) is 66.1 cm³/mol. The molecule has 1 atom stereocenters. The Morgan fingerprint density at radius 2 is 1.82 bits per heavy atom. The van der Waals surface area contributed by atoms with Crippen molar-refractivity contribution >= 4 is 0 Å². The molecular formula is C14H14FNO. The molecule has 0 aliphatic carbocycles. The molecular weight excluding hydrogens is 217 g/mol. The van der Waals surface area contributed by atoms with Gasteiger partial charge in [-0.1, -0.05) is 24.3 Å². The van der Waals surface area contributed by atoms with Crippen molar-refractivity contribution in [3.05, 3.63) is 53.8 Å². The molecule has 0 spiro atoms. The van der Waals surface area contributed by atoms with Gasteiger partial charge in [-0.25, -0.2) is 4.39 Å². The van der Waals surface area contributed by atoms with E-state index in [1.807, 2.05) is 6.92 Å². The summed E-state index contributed by atoms with van der Waals surface area (Å²) in [5.74, 6) is -0.302. The Morgan fingerprint density at radius 1 is 1.12 bits per heavy atom. The van der Waals surface area contributed by atoms with Crippen molar-refractivity contribution in [3.8, 4) is 16.9 Å². The van der Waals surface area contributed by atoms with Gasteiger partial charge in [0.2, 0.25) is 0 Å². The van der Waals surface area contributed by atoms with Gasteiger partial charge in [0.15, 0.2) is 0 Å². The van der Waals surface area contributed by atoms with Crippen molar-refractivity contribution in [2.24, 2.45) is 5.73 Å². The van der Waals surface area contributed by atoms with E-state index in [9.17, 15) is 9.50 Å². The summed E-state index contributed by atoms with van der Waals surface area (Å²) in [5, 5.41) is 9.79. The molecule has 0 heterocycles. The summed E-state index contributed by atoms with van der Waals surface area (Å²) in [6, 6.07) is 11.2. The number of phenolic OH excluding ortho intramolecular Hbond substituents is 1. The van der Waals surface area contributed by atoms with E-state index in [1.54, 1.807) is 36.4 Å². The molecule has 2 rings (SSSR count). The zero-order valence-corrected chi connectivity index (χ0v) is 9.52. The second kappa shape index (κ2) is 4.55. The van der Waals surface area contributed by atoms with Gasteiger partial charge < -0.3 is 10.8 Å². The van der Waals surface area contributed by atoms with Gasteiger partial charge in [0.05, 0.1) is 0 Å². The summed E-state index contributed by atoms with van der Waals surface area (Å²) in [7, 11) is 0. The first-order valence-electron chi connectivity index (χ1n) is 5.43. The van der Waals surface area contributed by atoms with E-state index in [0.29, 0.717) is 11.1 Å². The number of hydrogen-bond acceptors (Lipinski definition) is 2. The highest BCUT2D eigenvalue weighted by Gasteiger charge is 2.11. The normalized spacial score (nSPS) is 12.4. The SMILES string of the molecule is CC(N)c1ccc(O)c(-c2ccccc2F)c1. The lowest BCUT2D eigenvalue weighted by Gasteiger charge is -2.11. The van der Waals surface area contributed by atoms with E-state index < -0.39 is 0 Å². The number of halogens is 1. The Balaban J connectivity index is 2.59. The third kappa shape index (κ3) is 2.29. The van der Waals surface area contributed by atoms with Gasteiger partial charge in [0, 0.05) is 17.2 Å². The van der Waals surface area contributed by atoms with Gasteiger partial charge in [-0.3, -0.25) is 0 Å². The Labute approximate surface area is 99.5 Å². The first kappa shape index (κ1) is 11.6. The molecule has 2 nitrogen and oxygen atoms in total. The molecule has 0 saturated carbocycles. The number of phenols is 1. The smallest absolute Gasteiger partial charge is 0.131 e. The van der Waals surface area contributed by atoms with Crippen LogP contribution in [0, 0.1) is 5.82 Å². The fourth-order valence-electron chi connectivity index (χ4n) is 1.73. The Bertz CT molecular complexity index is 537. The molecule has 2 aromatic carbocycles. The second-order valence-electron chi connectivity index (χ2n) is 4.05. The van der Waals surface area contributed by atoms with Crippen LogP contribution in [0.15, 0.2) is 42.5 Å². The number of benzene rings is 2. The van der Waals surface area contributed by atoms with Crippen molar-refractivity contribution in [1.29, 1.82) is 0 Å². The van der Waals surface area contributed by atoms with Crippen LogP contribution in [0.3, 0.4) is 0 Å². The van der Waals surface area contributed by atoms with Crippen LogP contribution in [-0.4, -0.2) is 5.11 Å². The first-order chi connectivity index (χ1) is 8.09. The fraction of sp³-hybridized carbons (Fsp3) is 0.143. The lowest BCUT2D eigenvalue weighted by atomic mass is 9.99. The molecule has 0 aliphatic rings. The molecule has 0 amide bonds. The monoisotopic (exact) mass is 231 g/mol. The molecule has 0 radical (unpaired) electrons. The van der Waals surface area contributed by atoms with E-state index in [2.05, 4.69) is 0 Å². The van der Waals surface area contributed by atoms with Crippen LogP contribution in [0.1, 0.15) is 18.5 Å². The second-order valence-corrected chi connectivity index (χ2v) is 4.05. The lowest BCUT2D eigenvalue weighted by molar-refractivity contribution is 0.476. The molecule has 2 aromatic rings. The molecule has 17 heavy (non-hydrogen) atoms. The lowest BCUT2D eigenvalue weighted by Crippen LogP contribution is -2.04. The molecule has 0 saturated heterocycles. The molecule has 3 N–H and O–H groups in total. The zero-order chi connectivity index (χ0) is 12.4. The Morgan fingerprint density at radius 3 is 2.47 bits per heavy atom. The predicted octanol–water partition coefficient (Wildman–Crippen LogP) is 3.22. The van der Waals surface area contributed by atoms with Crippen molar-refractivity contribution in [2.75, 3.05) is 0 Å². The average Bonchev–Trinajstić information content (AvgIpc) is 2.30. The van der Waals surface area contributed by atoms with Crippen LogP contribution in [0.25, 0.3) is 11.1 Å². The van der Waals surface area contributed by atoms with Crippen LogP contribution < -0.4 is 5.73 Å². The fourth-order valence-corrected chi connectivity index (χ4v) is 1.73. The van der Waals surface area contributed by atoms with Crippen LogP contribution >= 0.6 is 0 Å². The van der Waals surface area contributed by atoms with Gasteiger partial charge in [-0.05, 0) is 30.7 Å². The summed E-state index contributed by atoms with van der Waals surface area (Å²) in [6.45, 7) is 1.84. The molecule has 0 bridgehead atoms. The Hall–Kier alpha value is -1.87. The van der Waals surface area contributed by atoms with E-state index in [4.69, 9.17) is 5.73 Å². The van der Waals surface area contributed by atoms with Gasteiger partial charge >= 0.3 is 0 Å². The molecule has 3 heteroatoms. The minimum Gasteiger partial charge on any atom is -0.507 e. The minimum atomic E-state index is -0.357. The summed E-state index contributed by atoms with van der Waals surface area (Å²) in [5.41, 5.74) is 7.49. The maximum Gasteiger partial charge on any atom is 0.131 e. The van der Waals surface area contributed by atoms with Crippen LogP contribution in [-0.2, 0) is 0 Å². The highest BCUT2D eigenvalue weighted by Crippen LogP contribution is 2.32. The van der Waals surface area contributed by atoms with E-state index in [-0.39, 0.29) is 17.6 Å². The topological polar surface area (TPSA) is 46.2 Å². The summed E-state index contributed by atoms with van der Waals surface area (Å²) in [6.07, 6.45) is 0. The van der Waals surface area contributed by atoms with Gasteiger partial charge in [0.1, 0.15) is 11.6 Å². The van der Waals surface area contributed by atoms with E-state index in [0.717, 1.165) is 5.56 Å². The summed E-state index contributed by atoms with van der Waals surface area (Å²) >= 11 is 0. The van der Waals surface area contributed by atoms with Gasteiger partial charge in [-0.15, -0.1) is 0 Å². The summed E-state index contributed by atoms with van der Waals surface area (Å²) in [4.78, 5) is 0. The molecule has 88 valence electrons. The minimum absolute atomic E-state index is 0.0551. The van der Waals surface area contributed by atoms with Crippen LogP contribution in [0.4, 0.5) is 4.39 Å². The van der Waals surface area contributed by atoms with Crippen molar-refractivity contribution in [1.82, 2.24) is 0 Å². The third-order valence-corrected chi connectivity index (χ3v) is 2.71. The van der Waals surface area contributed by atoms with Crippen molar-refractivity contribution < 1.29 is 9.50 Å². The van der Waals surface area contributed by atoms with Crippen molar-refractivity contribution in [3.63, 3.8) is 0 Å². The number of hydrogen-bond donors (Lipinski definition) is 2. The Kier molecular flexibility index (Phi) is 3.11. The van der Waals surface area contributed by atoms with Gasteiger partial charge in [-0.2, -0.15) is 0 Å². The first-order valence-corrected chi connectivity index (χ1v) is 5.43. The molecule has 0 aromatic heterocycles. The number of aromatic hydroxyl groups is 1. The van der Waals surface area contributed by atoms with E-state index >= 15 is 0 Å². The van der Waals surface area contributed by atoms with E-state index in [1.165, 1.54) is 6.07 Å². The number of nitrogens with two attached hydrogens (primary N) is 1. The molecule has 0 aliphatic heterocycles. The third-order valence-electron chi connectivity index (χ3n) is 2.71. The quantitative estimate of drug-likeness (QED) is 0.833. The largest absolute Gasteiger partial charge is 0.507 e. The maximum atomic E-state index is 13.6. The standard InChI is InChI=1S/C14H14FNO/c1-9(16)10-6-7-14(17)12(8-10)11-4-2-3-5-13(11)15/h2-9,17H,16H2,1H3. The summed E-state index contributed by atoms with van der Waals surface area (Å²) < 4.78 is 13.6. The molecule has 0 fully saturated rings. The van der Waals surface area contributed by atoms with Crippen LogP contribution in [0.2, 0.25) is 0 Å². The van der Waals surface area contributed by atoms with Crippen molar-refractivity contribution in [2.45, 2.75) is 13.0 Å². The zero-order valence-electron chi connectivity index (χ0n) is 9.52. The highest BCUT2D eigenvalue weighted by atomic mass is 19.1. The van der Waals surface area contributed by atoms with Gasteiger partial charge in [0.25, 0.3) is 0 Å². The van der Waals surface area contributed by atoms with Crippen LogP contribution in [0.5, 0.6) is 5.75 Å². The molecule has 1 unspecified atom stereocenters. The maximum absolute atomic E-state index is 13.6. The highest BCUT2D eigenvalue weighted by molar-refractivity contribution is 5.71. The number of rotatable bonds is 2. The average molecular weight is 231 g/mol.